The van der Waals surface area contributed by atoms with E-state index in [0.29, 0.717) is 32.2 Å². The third kappa shape index (κ3) is 4.09. The minimum atomic E-state index is -1.58. The van der Waals surface area contributed by atoms with Crippen molar-refractivity contribution in [2.75, 3.05) is 6.54 Å². The number of carbonyl (C=O) groups is 3. The highest BCUT2D eigenvalue weighted by Gasteiger charge is 2.69. The maximum atomic E-state index is 14.3. The van der Waals surface area contributed by atoms with Gasteiger partial charge in [0.25, 0.3) is 0 Å². The molecule has 2 N–H and O–H groups in total. The number of allylic oxidation sites excluding steroid dienone is 3. The lowest BCUT2D eigenvalue weighted by Gasteiger charge is -2.66. The second kappa shape index (κ2) is 9.38. The number of fused-ring (bicyclic) bond motifs is 5. The summed E-state index contributed by atoms with van der Waals surface area (Å²) in [6.07, 6.45) is 8.69. The summed E-state index contributed by atoms with van der Waals surface area (Å²) in [4.78, 5) is 41.0. The summed E-state index contributed by atoms with van der Waals surface area (Å²) < 4.78 is 0. The van der Waals surface area contributed by atoms with Gasteiger partial charge in [-0.25, -0.2) is 0 Å². The number of ketones is 2. The summed E-state index contributed by atoms with van der Waals surface area (Å²) in [7, 11) is 0. The maximum absolute atomic E-state index is 14.3. The minimum absolute atomic E-state index is 0.0337. The fourth-order valence-electron chi connectivity index (χ4n) is 9.15. The van der Waals surface area contributed by atoms with E-state index in [9.17, 15) is 24.8 Å². The molecule has 40 heavy (non-hydrogen) atoms. The molecule has 0 aromatic carbocycles. The third-order valence-corrected chi connectivity index (χ3v) is 12.5. The molecular weight excluding hydrogens is 500 g/mol. The molecule has 0 aromatic heterocycles. The fourth-order valence-corrected chi connectivity index (χ4v) is 9.15. The summed E-state index contributed by atoms with van der Waals surface area (Å²) in [5.41, 5.74) is -4.09. The Kier molecular flexibility index (Phi) is 7.20. The van der Waals surface area contributed by atoms with Crippen LogP contribution in [0.2, 0.25) is 0 Å². The molecular formula is C34H50N2O4. The van der Waals surface area contributed by atoms with E-state index in [0.717, 1.165) is 31.3 Å². The highest BCUT2D eigenvalue weighted by Crippen LogP contribution is 2.71. The van der Waals surface area contributed by atoms with Crippen molar-refractivity contribution < 1.29 is 19.5 Å². The second-order valence-corrected chi connectivity index (χ2v) is 15.6. The predicted molar refractivity (Wildman–Crippen MR) is 156 cm³/mol. The largest absolute Gasteiger partial charge is 0.381 e. The molecule has 2 saturated carbocycles. The number of Topliss-reactive ketones (excluding diaryl/α,β-unsaturated/α-hetero) is 1. The molecule has 4 aliphatic carbocycles. The Balaban J connectivity index is 1.93. The van der Waals surface area contributed by atoms with Crippen LogP contribution in [0.15, 0.2) is 23.3 Å². The summed E-state index contributed by atoms with van der Waals surface area (Å²) >= 11 is 0. The molecule has 0 spiro atoms. The van der Waals surface area contributed by atoms with Crippen LogP contribution in [-0.2, 0) is 14.4 Å². The number of amides is 1. The molecule has 1 amide bonds. The van der Waals surface area contributed by atoms with Gasteiger partial charge >= 0.3 is 0 Å². The van der Waals surface area contributed by atoms with E-state index >= 15 is 0 Å². The van der Waals surface area contributed by atoms with Crippen LogP contribution in [0, 0.1) is 49.7 Å². The number of hydrogen-bond acceptors (Lipinski definition) is 5. The van der Waals surface area contributed by atoms with Crippen LogP contribution >= 0.6 is 0 Å². The molecule has 0 saturated heterocycles. The Labute approximate surface area is 241 Å². The van der Waals surface area contributed by atoms with Gasteiger partial charge in [-0.2, -0.15) is 5.26 Å². The van der Waals surface area contributed by atoms with E-state index in [1.807, 2.05) is 33.8 Å². The average Bonchev–Trinajstić information content (AvgIpc) is 2.88. The van der Waals surface area contributed by atoms with Crippen LogP contribution in [0.3, 0.4) is 0 Å². The van der Waals surface area contributed by atoms with Crippen molar-refractivity contribution in [1.82, 2.24) is 5.32 Å². The molecule has 0 aliphatic heterocycles. The van der Waals surface area contributed by atoms with E-state index in [1.54, 1.807) is 6.08 Å². The van der Waals surface area contributed by atoms with Crippen LogP contribution in [-0.4, -0.2) is 34.7 Å². The first-order valence-corrected chi connectivity index (χ1v) is 15.2. The topological polar surface area (TPSA) is 107 Å². The van der Waals surface area contributed by atoms with Gasteiger partial charge in [0.05, 0.1) is 5.57 Å². The van der Waals surface area contributed by atoms with Gasteiger partial charge in [0.2, 0.25) is 5.91 Å². The monoisotopic (exact) mass is 550 g/mol. The van der Waals surface area contributed by atoms with Crippen molar-refractivity contribution in [3.63, 3.8) is 0 Å². The van der Waals surface area contributed by atoms with Crippen molar-refractivity contribution in [1.29, 1.82) is 5.26 Å². The van der Waals surface area contributed by atoms with Crippen molar-refractivity contribution in [2.45, 2.75) is 119 Å². The molecule has 0 unspecified atom stereocenters. The van der Waals surface area contributed by atoms with Crippen molar-refractivity contribution in [2.24, 2.45) is 38.4 Å². The Morgan fingerprint density at radius 2 is 1.57 bits per heavy atom. The lowest BCUT2D eigenvalue weighted by Crippen LogP contribution is -2.67. The quantitative estimate of drug-likeness (QED) is 0.423. The Bertz CT molecular complexity index is 1240. The second-order valence-electron chi connectivity index (χ2n) is 15.6. The Morgan fingerprint density at radius 1 is 0.975 bits per heavy atom. The number of carbonyl (C=O) groups excluding carboxylic acids is 3. The van der Waals surface area contributed by atoms with Crippen molar-refractivity contribution in [3.05, 3.63) is 23.3 Å². The smallest absolute Gasteiger partial charge is 0.225 e. The molecule has 4 rings (SSSR count). The highest BCUT2D eigenvalue weighted by atomic mass is 16.3. The molecule has 0 aromatic rings. The normalized spacial score (nSPS) is 42.7. The molecule has 6 atom stereocenters. The minimum Gasteiger partial charge on any atom is -0.381 e. The van der Waals surface area contributed by atoms with Crippen LogP contribution in [0.1, 0.15) is 114 Å². The lowest BCUT2D eigenvalue weighted by atomic mass is 9.37. The lowest BCUT2D eigenvalue weighted by molar-refractivity contribution is -0.184. The maximum Gasteiger partial charge on any atom is 0.225 e. The van der Waals surface area contributed by atoms with Crippen LogP contribution in [0.5, 0.6) is 0 Å². The van der Waals surface area contributed by atoms with E-state index < -0.39 is 32.7 Å². The van der Waals surface area contributed by atoms with E-state index in [-0.39, 0.29) is 34.4 Å². The zero-order chi connectivity index (χ0) is 30.2. The van der Waals surface area contributed by atoms with Gasteiger partial charge in [0.15, 0.2) is 11.6 Å². The summed E-state index contributed by atoms with van der Waals surface area (Å²) in [6.45, 7) is 19.1. The number of aliphatic hydroxyl groups is 1. The van der Waals surface area contributed by atoms with E-state index in [1.165, 1.54) is 0 Å². The standard InChI is InChI=1S/C34H50N2O4/c1-10-36-27(39)30(6)15-13-28(2,3)14-18-34(40)25(37)19-24-31(7)20-22(21-35)26(38)29(4,5)23(31)11-12-32(24,8)33(34,9)17-16-30/h19-20,23,40H,10-18H2,1-9H3,(H,36,39)/t23-,30-,31-,32+,33-,34+/m0/s1. The van der Waals surface area contributed by atoms with Gasteiger partial charge in [-0.3, -0.25) is 14.4 Å². The van der Waals surface area contributed by atoms with Gasteiger partial charge in [-0.1, -0.05) is 61.5 Å². The molecule has 4 aliphatic rings. The summed E-state index contributed by atoms with van der Waals surface area (Å²) in [5, 5.41) is 25.6. The molecule has 6 nitrogen and oxygen atoms in total. The van der Waals surface area contributed by atoms with Crippen LogP contribution in [0.4, 0.5) is 0 Å². The SMILES string of the molecule is CCNC(=O)[C@@]1(C)CCC(C)(C)CC[C@@]2(O)C(=O)C=C3[C@@]4(C)C=C(C#N)C(=O)C(C)(C)[C@@H]4CC[C@@]3(C)[C@]2(C)CC1. The summed E-state index contributed by atoms with van der Waals surface area (Å²) in [5.74, 6) is -0.441. The molecule has 2 fully saturated rings. The predicted octanol–water partition coefficient (Wildman–Crippen LogP) is 6.24. The molecule has 0 bridgehead atoms. The Morgan fingerprint density at radius 3 is 2.17 bits per heavy atom. The molecule has 0 heterocycles. The number of rotatable bonds is 2. The van der Waals surface area contributed by atoms with Gasteiger partial charge < -0.3 is 10.4 Å². The number of nitrogens with one attached hydrogen (secondary N) is 1. The van der Waals surface area contributed by atoms with E-state index in [2.05, 4.69) is 46.0 Å². The molecule has 0 radical (unpaired) electrons. The first kappa shape index (κ1) is 30.7. The van der Waals surface area contributed by atoms with Crippen molar-refractivity contribution >= 4 is 17.5 Å². The van der Waals surface area contributed by atoms with Crippen LogP contribution < -0.4 is 5.32 Å². The first-order chi connectivity index (χ1) is 18.3. The molecule has 6 heteroatoms. The zero-order valence-corrected chi connectivity index (χ0v) is 26.2. The fraction of sp³-hybridized carbons (Fsp3) is 0.765. The van der Waals surface area contributed by atoms with Gasteiger partial charge in [0.1, 0.15) is 11.7 Å². The number of nitrogens with zero attached hydrogens (tertiary/aromatic N) is 1. The third-order valence-electron chi connectivity index (χ3n) is 12.5. The van der Waals surface area contributed by atoms with Gasteiger partial charge in [-0.15, -0.1) is 0 Å². The number of nitriles is 1. The van der Waals surface area contributed by atoms with Crippen LogP contribution in [0.25, 0.3) is 0 Å². The van der Waals surface area contributed by atoms with E-state index in [4.69, 9.17) is 0 Å². The number of hydrogen-bond donors (Lipinski definition) is 2. The average molecular weight is 551 g/mol. The van der Waals surface area contributed by atoms with Gasteiger partial charge in [-0.05, 0) is 86.7 Å². The Hall–Kier alpha value is -2.26. The first-order valence-electron chi connectivity index (χ1n) is 15.2. The molecule has 220 valence electrons. The van der Waals surface area contributed by atoms with Crippen molar-refractivity contribution in [3.8, 4) is 6.07 Å². The summed E-state index contributed by atoms with van der Waals surface area (Å²) in [6, 6.07) is 2.14. The van der Waals surface area contributed by atoms with Gasteiger partial charge in [0, 0.05) is 28.2 Å². The zero-order valence-electron chi connectivity index (χ0n) is 26.2. The highest BCUT2D eigenvalue weighted by molar-refractivity contribution is 6.05.